The summed E-state index contributed by atoms with van der Waals surface area (Å²) in [6.07, 6.45) is 1.09. The fourth-order valence-electron chi connectivity index (χ4n) is 2.46. The number of tetrazole rings is 1. The summed E-state index contributed by atoms with van der Waals surface area (Å²) in [5, 5.41) is 18.1. The maximum absolute atomic E-state index is 11.4. The van der Waals surface area contributed by atoms with E-state index in [0.29, 0.717) is 12.2 Å². The number of nitrogens with one attached hydrogen (secondary N) is 1. The van der Waals surface area contributed by atoms with Crippen molar-refractivity contribution in [2.24, 2.45) is 5.73 Å². The van der Waals surface area contributed by atoms with Crippen LogP contribution in [0.3, 0.4) is 0 Å². The third-order valence-electron chi connectivity index (χ3n) is 3.47. The summed E-state index contributed by atoms with van der Waals surface area (Å²) in [6.45, 7) is 0. The van der Waals surface area contributed by atoms with E-state index >= 15 is 0 Å². The Labute approximate surface area is 131 Å². The lowest BCUT2D eigenvalue weighted by atomic mass is 9.89. The van der Waals surface area contributed by atoms with Crippen molar-refractivity contribution in [2.75, 3.05) is 0 Å². The number of benzene rings is 1. The number of nitrogens with two attached hydrogens (primary N) is 1. The molecule has 0 aliphatic rings. The van der Waals surface area contributed by atoms with Gasteiger partial charge < -0.3 is 5.73 Å². The summed E-state index contributed by atoms with van der Waals surface area (Å²) in [5.41, 5.74) is 8.54. The van der Waals surface area contributed by atoms with E-state index in [4.69, 9.17) is 5.73 Å². The number of aromatic nitrogens is 4. The van der Waals surface area contributed by atoms with Gasteiger partial charge in [-0.2, -0.15) is 16.6 Å². The van der Waals surface area contributed by atoms with Crippen LogP contribution in [0.25, 0.3) is 11.4 Å². The molecule has 0 saturated heterocycles. The fraction of sp³-hybridized carbons (Fsp3) is 0.200. The first-order valence-electron chi connectivity index (χ1n) is 6.85. The van der Waals surface area contributed by atoms with Crippen LogP contribution in [0.4, 0.5) is 0 Å². The molecule has 6 nitrogen and oxygen atoms in total. The molecule has 1 atom stereocenters. The number of aromatic amines is 1. The molecule has 1 amide bonds. The predicted octanol–water partition coefficient (Wildman–Crippen LogP) is 2.13. The molecule has 0 radical (unpaired) electrons. The van der Waals surface area contributed by atoms with Crippen LogP contribution in [-0.4, -0.2) is 26.5 Å². The van der Waals surface area contributed by atoms with Gasteiger partial charge in [0.2, 0.25) is 11.7 Å². The smallest absolute Gasteiger partial charge is 0.218 e. The van der Waals surface area contributed by atoms with Crippen LogP contribution in [0.1, 0.15) is 23.5 Å². The van der Waals surface area contributed by atoms with Gasteiger partial charge in [-0.1, -0.05) is 18.2 Å². The second kappa shape index (κ2) is 6.48. The van der Waals surface area contributed by atoms with Crippen LogP contribution in [0.5, 0.6) is 0 Å². The number of rotatable bonds is 6. The SMILES string of the molecule is NC(=O)CC(Cc1ccsc1)c1cccc(-c2nn[nH]n2)c1. The van der Waals surface area contributed by atoms with Crippen LogP contribution in [0.15, 0.2) is 41.1 Å². The molecule has 7 heteroatoms. The number of hydrogen-bond acceptors (Lipinski definition) is 5. The summed E-state index contributed by atoms with van der Waals surface area (Å²) in [6, 6.07) is 9.92. The zero-order valence-electron chi connectivity index (χ0n) is 11.8. The summed E-state index contributed by atoms with van der Waals surface area (Å²) in [5.74, 6) is 0.277. The van der Waals surface area contributed by atoms with E-state index < -0.39 is 0 Å². The normalized spacial score (nSPS) is 12.2. The number of thiophene rings is 1. The molecule has 1 aromatic carbocycles. The van der Waals surface area contributed by atoms with E-state index in [1.54, 1.807) is 11.3 Å². The number of nitrogens with zero attached hydrogens (tertiary/aromatic N) is 3. The molecule has 0 saturated carbocycles. The highest BCUT2D eigenvalue weighted by atomic mass is 32.1. The van der Waals surface area contributed by atoms with Crippen molar-refractivity contribution in [2.45, 2.75) is 18.8 Å². The quantitative estimate of drug-likeness (QED) is 0.728. The molecule has 3 N–H and O–H groups in total. The van der Waals surface area contributed by atoms with Gasteiger partial charge in [0, 0.05) is 12.0 Å². The standard InChI is InChI=1S/C15H15N5OS/c16-14(21)8-13(6-10-4-5-22-9-10)11-2-1-3-12(7-11)15-17-19-20-18-15/h1-5,7,9,13H,6,8H2,(H2,16,21)(H,17,18,19,20). The number of amides is 1. The minimum absolute atomic E-state index is 0.0407. The van der Waals surface area contributed by atoms with Crippen LogP contribution in [0.2, 0.25) is 0 Å². The van der Waals surface area contributed by atoms with Crippen LogP contribution < -0.4 is 5.73 Å². The van der Waals surface area contributed by atoms with E-state index in [0.717, 1.165) is 17.5 Å². The predicted molar refractivity (Wildman–Crippen MR) is 84.2 cm³/mol. The van der Waals surface area contributed by atoms with Gasteiger partial charge in [-0.3, -0.25) is 4.79 Å². The van der Waals surface area contributed by atoms with Crippen molar-refractivity contribution in [3.63, 3.8) is 0 Å². The Morgan fingerprint density at radius 3 is 2.95 bits per heavy atom. The first-order chi connectivity index (χ1) is 10.7. The molecule has 3 aromatic rings. The van der Waals surface area contributed by atoms with Gasteiger partial charge in [-0.25, -0.2) is 0 Å². The molecule has 0 spiro atoms. The number of primary amides is 1. The fourth-order valence-corrected chi connectivity index (χ4v) is 3.14. The highest BCUT2D eigenvalue weighted by Gasteiger charge is 2.17. The molecule has 2 aromatic heterocycles. The molecule has 0 aliphatic carbocycles. The summed E-state index contributed by atoms with van der Waals surface area (Å²) >= 11 is 1.65. The Hall–Kier alpha value is -2.54. The van der Waals surface area contributed by atoms with Crippen LogP contribution >= 0.6 is 11.3 Å². The number of carbonyl (C=O) groups is 1. The monoisotopic (exact) mass is 313 g/mol. The Kier molecular flexibility index (Phi) is 4.24. The van der Waals surface area contributed by atoms with E-state index in [-0.39, 0.29) is 11.8 Å². The minimum atomic E-state index is -0.301. The second-order valence-electron chi connectivity index (χ2n) is 5.06. The zero-order valence-corrected chi connectivity index (χ0v) is 12.6. The van der Waals surface area contributed by atoms with Gasteiger partial charge in [0.25, 0.3) is 0 Å². The average Bonchev–Trinajstić information content (AvgIpc) is 3.20. The lowest BCUT2D eigenvalue weighted by Gasteiger charge is -2.16. The molecule has 3 rings (SSSR count). The maximum Gasteiger partial charge on any atom is 0.218 e. The highest BCUT2D eigenvalue weighted by molar-refractivity contribution is 7.07. The molecular formula is C15H15N5OS. The summed E-state index contributed by atoms with van der Waals surface area (Å²) in [7, 11) is 0. The molecule has 22 heavy (non-hydrogen) atoms. The molecular weight excluding hydrogens is 298 g/mol. The number of carbonyl (C=O) groups excluding carboxylic acids is 1. The Bertz CT molecular complexity index is 739. The second-order valence-corrected chi connectivity index (χ2v) is 5.84. The van der Waals surface area contributed by atoms with Crippen LogP contribution in [0, 0.1) is 0 Å². The molecule has 1 unspecified atom stereocenters. The maximum atomic E-state index is 11.4. The van der Waals surface area contributed by atoms with Gasteiger partial charge in [0.15, 0.2) is 0 Å². The summed E-state index contributed by atoms with van der Waals surface area (Å²) in [4.78, 5) is 11.4. The van der Waals surface area contributed by atoms with E-state index in [9.17, 15) is 4.79 Å². The van der Waals surface area contributed by atoms with Crippen molar-refractivity contribution in [3.05, 3.63) is 52.2 Å². The molecule has 0 aliphatic heterocycles. The van der Waals surface area contributed by atoms with Crippen LogP contribution in [-0.2, 0) is 11.2 Å². The topological polar surface area (TPSA) is 97.5 Å². The first-order valence-corrected chi connectivity index (χ1v) is 7.80. The van der Waals surface area contributed by atoms with Crippen molar-refractivity contribution in [1.29, 1.82) is 0 Å². The van der Waals surface area contributed by atoms with E-state index in [1.807, 2.05) is 29.6 Å². The third-order valence-corrected chi connectivity index (χ3v) is 4.20. The number of H-pyrrole nitrogens is 1. The molecule has 112 valence electrons. The third kappa shape index (κ3) is 3.37. The highest BCUT2D eigenvalue weighted by Crippen LogP contribution is 2.28. The van der Waals surface area contributed by atoms with Gasteiger partial charge in [-0.05, 0) is 51.6 Å². The van der Waals surface area contributed by atoms with Crippen molar-refractivity contribution in [1.82, 2.24) is 20.6 Å². The van der Waals surface area contributed by atoms with Crippen molar-refractivity contribution < 1.29 is 4.79 Å². The van der Waals surface area contributed by atoms with Crippen molar-refractivity contribution in [3.8, 4) is 11.4 Å². The zero-order chi connectivity index (χ0) is 15.4. The molecule has 0 bridgehead atoms. The Morgan fingerprint density at radius 1 is 1.36 bits per heavy atom. The van der Waals surface area contributed by atoms with E-state index in [1.165, 1.54) is 5.56 Å². The minimum Gasteiger partial charge on any atom is -0.370 e. The van der Waals surface area contributed by atoms with Gasteiger partial charge in [0.1, 0.15) is 0 Å². The lowest BCUT2D eigenvalue weighted by Crippen LogP contribution is -2.16. The van der Waals surface area contributed by atoms with Gasteiger partial charge >= 0.3 is 0 Å². The Morgan fingerprint density at radius 2 is 2.27 bits per heavy atom. The Balaban J connectivity index is 1.90. The average molecular weight is 313 g/mol. The van der Waals surface area contributed by atoms with Gasteiger partial charge in [-0.15, -0.1) is 10.2 Å². The first kappa shape index (κ1) is 14.4. The molecule has 0 fully saturated rings. The largest absolute Gasteiger partial charge is 0.370 e. The molecule has 2 heterocycles. The lowest BCUT2D eigenvalue weighted by molar-refractivity contribution is -0.118. The van der Waals surface area contributed by atoms with E-state index in [2.05, 4.69) is 32.1 Å². The van der Waals surface area contributed by atoms with Crippen molar-refractivity contribution >= 4 is 17.2 Å². The number of hydrogen-bond donors (Lipinski definition) is 2. The summed E-state index contributed by atoms with van der Waals surface area (Å²) < 4.78 is 0. The van der Waals surface area contributed by atoms with Gasteiger partial charge in [0.05, 0.1) is 0 Å².